The van der Waals surface area contributed by atoms with E-state index >= 15 is 0 Å². The molecule has 0 spiro atoms. The third-order valence-corrected chi connectivity index (χ3v) is 2.88. The normalized spacial score (nSPS) is 11.9. The standard InChI is InChI=1S/C13H13N3O5/c1-21-13(20)9(6-17)14-12(19)10-7-4-2-3-5-8(7)11(18)16-15-10/h2-5,9,17H,6H2,1H3,(H,14,19)(H,16,18). The quantitative estimate of drug-likeness (QED) is 0.633. The van der Waals surface area contributed by atoms with Gasteiger partial charge in [-0.3, -0.25) is 9.59 Å². The number of benzene rings is 1. The highest BCUT2D eigenvalue weighted by Crippen LogP contribution is 2.12. The predicted molar refractivity (Wildman–Crippen MR) is 72.7 cm³/mol. The lowest BCUT2D eigenvalue weighted by Gasteiger charge is -2.13. The molecule has 1 aromatic carbocycles. The van der Waals surface area contributed by atoms with Gasteiger partial charge in [-0.15, -0.1) is 0 Å². The van der Waals surface area contributed by atoms with E-state index in [1.54, 1.807) is 24.3 Å². The molecule has 0 fully saturated rings. The minimum atomic E-state index is -1.20. The molecule has 1 heterocycles. The molecule has 2 rings (SSSR count). The molecule has 0 aliphatic rings. The van der Waals surface area contributed by atoms with Crippen molar-refractivity contribution < 1.29 is 19.4 Å². The Bertz CT molecular complexity index is 740. The molecule has 3 N–H and O–H groups in total. The summed E-state index contributed by atoms with van der Waals surface area (Å²) >= 11 is 0. The van der Waals surface area contributed by atoms with Crippen molar-refractivity contribution in [2.24, 2.45) is 0 Å². The summed E-state index contributed by atoms with van der Waals surface area (Å²) in [5.41, 5.74) is -0.471. The summed E-state index contributed by atoms with van der Waals surface area (Å²) in [7, 11) is 1.14. The maximum absolute atomic E-state index is 12.1. The Morgan fingerprint density at radius 3 is 2.67 bits per heavy atom. The molecule has 1 unspecified atom stereocenters. The second-order valence-corrected chi connectivity index (χ2v) is 4.18. The molecule has 0 saturated carbocycles. The number of hydrogen-bond donors (Lipinski definition) is 3. The maximum atomic E-state index is 12.1. The summed E-state index contributed by atoms with van der Waals surface area (Å²) in [4.78, 5) is 35.1. The van der Waals surface area contributed by atoms with E-state index in [2.05, 4.69) is 20.3 Å². The summed E-state index contributed by atoms with van der Waals surface area (Å²) in [5, 5.41) is 17.9. The van der Waals surface area contributed by atoms with Gasteiger partial charge in [0.2, 0.25) is 0 Å². The SMILES string of the molecule is COC(=O)C(CO)NC(=O)c1n[nH]c(=O)c2ccccc12. The molecule has 0 bridgehead atoms. The largest absolute Gasteiger partial charge is 0.467 e. The summed E-state index contributed by atoms with van der Waals surface area (Å²) in [6.45, 7) is -0.611. The van der Waals surface area contributed by atoms with Crippen molar-refractivity contribution in [1.29, 1.82) is 0 Å². The second kappa shape index (κ2) is 6.14. The number of hydrogen-bond acceptors (Lipinski definition) is 6. The number of aromatic nitrogens is 2. The van der Waals surface area contributed by atoms with Crippen LogP contribution in [0.25, 0.3) is 10.8 Å². The third kappa shape index (κ3) is 2.90. The first-order valence-corrected chi connectivity index (χ1v) is 6.05. The molecular weight excluding hydrogens is 278 g/mol. The number of methoxy groups -OCH3 is 1. The highest BCUT2D eigenvalue weighted by Gasteiger charge is 2.23. The van der Waals surface area contributed by atoms with Crippen LogP contribution in [0.4, 0.5) is 0 Å². The molecule has 1 atom stereocenters. The molecular formula is C13H13N3O5. The Morgan fingerprint density at radius 1 is 1.38 bits per heavy atom. The Balaban J connectivity index is 2.38. The number of aliphatic hydroxyl groups is 1. The van der Waals surface area contributed by atoms with Crippen LogP contribution < -0.4 is 10.9 Å². The molecule has 0 aliphatic carbocycles. The van der Waals surface area contributed by atoms with Gasteiger partial charge in [0.25, 0.3) is 11.5 Å². The average Bonchev–Trinajstić information content (AvgIpc) is 2.52. The average molecular weight is 291 g/mol. The molecule has 1 amide bonds. The van der Waals surface area contributed by atoms with Crippen molar-refractivity contribution in [1.82, 2.24) is 15.5 Å². The Hall–Kier alpha value is -2.74. The van der Waals surface area contributed by atoms with Gasteiger partial charge in [-0.25, -0.2) is 9.89 Å². The molecule has 0 saturated heterocycles. The van der Waals surface area contributed by atoms with Gasteiger partial charge in [0.1, 0.15) is 0 Å². The molecule has 8 heteroatoms. The van der Waals surface area contributed by atoms with E-state index in [-0.39, 0.29) is 5.69 Å². The first-order valence-electron chi connectivity index (χ1n) is 6.05. The second-order valence-electron chi connectivity index (χ2n) is 4.18. The van der Waals surface area contributed by atoms with Gasteiger partial charge in [-0.05, 0) is 6.07 Å². The first kappa shape index (κ1) is 14.7. The Morgan fingerprint density at radius 2 is 2.05 bits per heavy atom. The molecule has 8 nitrogen and oxygen atoms in total. The minimum Gasteiger partial charge on any atom is -0.467 e. The lowest BCUT2D eigenvalue weighted by atomic mass is 10.1. The number of rotatable bonds is 4. The van der Waals surface area contributed by atoms with E-state index in [9.17, 15) is 14.4 Å². The number of fused-ring (bicyclic) bond motifs is 1. The molecule has 2 aromatic rings. The summed E-state index contributed by atoms with van der Waals surface area (Å²) in [5.74, 6) is -1.48. The molecule has 1 aromatic heterocycles. The lowest BCUT2D eigenvalue weighted by molar-refractivity contribution is -0.143. The fourth-order valence-electron chi connectivity index (χ4n) is 1.84. The van der Waals surface area contributed by atoms with Gasteiger partial charge in [-0.1, -0.05) is 18.2 Å². The fraction of sp³-hybridized carbons (Fsp3) is 0.231. The van der Waals surface area contributed by atoms with Crippen molar-refractivity contribution in [3.05, 3.63) is 40.3 Å². The smallest absolute Gasteiger partial charge is 0.330 e. The monoisotopic (exact) mass is 291 g/mol. The van der Waals surface area contributed by atoms with Crippen LogP contribution in [0, 0.1) is 0 Å². The highest BCUT2D eigenvalue weighted by molar-refractivity contribution is 6.05. The van der Waals surface area contributed by atoms with Gasteiger partial charge >= 0.3 is 5.97 Å². The van der Waals surface area contributed by atoms with Crippen LogP contribution in [0.3, 0.4) is 0 Å². The number of amides is 1. The molecule has 21 heavy (non-hydrogen) atoms. The van der Waals surface area contributed by atoms with Crippen LogP contribution in [0.5, 0.6) is 0 Å². The minimum absolute atomic E-state index is 0.0486. The number of H-pyrrole nitrogens is 1. The van der Waals surface area contributed by atoms with Crippen molar-refractivity contribution in [3.8, 4) is 0 Å². The predicted octanol–water partition coefficient (Wildman–Crippen LogP) is -0.813. The number of nitrogens with one attached hydrogen (secondary N) is 2. The van der Waals surface area contributed by atoms with E-state index in [1.807, 2.05) is 0 Å². The van der Waals surface area contributed by atoms with Crippen LogP contribution in [0.1, 0.15) is 10.5 Å². The zero-order valence-corrected chi connectivity index (χ0v) is 11.1. The van der Waals surface area contributed by atoms with Crippen LogP contribution in [0.15, 0.2) is 29.1 Å². The summed E-state index contributed by atoms with van der Waals surface area (Å²) in [6, 6.07) is 5.23. The van der Waals surface area contributed by atoms with E-state index in [0.29, 0.717) is 10.8 Å². The number of aliphatic hydroxyl groups excluding tert-OH is 1. The molecule has 0 radical (unpaired) electrons. The van der Waals surface area contributed by atoms with Crippen molar-refractivity contribution >= 4 is 22.6 Å². The van der Waals surface area contributed by atoms with Crippen molar-refractivity contribution in [3.63, 3.8) is 0 Å². The van der Waals surface area contributed by atoms with Gasteiger partial charge in [0.15, 0.2) is 11.7 Å². The van der Waals surface area contributed by atoms with Gasteiger partial charge < -0.3 is 15.2 Å². The fourth-order valence-corrected chi connectivity index (χ4v) is 1.84. The number of nitrogens with zero attached hydrogens (tertiary/aromatic N) is 1. The summed E-state index contributed by atoms with van der Waals surface area (Å²) in [6.07, 6.45) is 0. The van der Waals surface area contributed by atoms with Gasteiger partial charge in [0, 0.05) is 5.39 Å². The van der Waals surface area contributed by atoms with Crippen LogP contribution in [-0.4, -0.2) is 46.9 Å². The maximum Gasteiger partial charge on any atom is 0.330 e. The number of aromatic amines is 1. The van der Waals surface area contributed by atoms with Gasteiger partial charge in [-0.2, -0.15) is 5.10 Å². The van der Waals surface area contributed by atoms with Crippen LogP contribution >= 0.6 is 0 Å². The van der Waals surface area contributed by atoms with Crippen molar-refractivity contribution in [2.75, 3.05) is 13.7 Å². The van der Waals surface area contributed by atoms with E-state index < -0.39 is 30.1 Å². The summed E-state index contributed by atoms with van der Waals surface area (Å²) < 4.78 is 4.45. The van der Waals surface area contributed by atoms with E-state index in [4.69, 9.17) is 5.11 Å². The van der Waals surface area contributed by atoms with Gasteiger partial charge in [0.05, 0.1) is 19.1 Å². The Labute approximate surface area is 118 Å². The third-order valence-electron chi connectivity index (χ3n) is 2.88. The number of ether oxygens (including phenoxy) is 1. The van der Waals surface area contributed by atoms with E-state index in [0.717, 1.165) is 7.11 Å². The number of carbonyl (C=O) groups is 2. The van der Waals surface area contributed by atoms with Crippen LogP contribution in [-0.2, 0) is 9.53 Å². The zero-order valence-electron chi connectivity index (χ0n) is 11.1. The van der Waals surface area contributed by atoms with Crippen molar-refractivity contribution in [2.45, 2.75) is 6.04 Å². The zero-order chi connectivity index (χ0) is 15.4. The van der Waals surface area contributed by atoms with E-state index in [1.165, 1.54) is 0 Å². The molecule has 0 aliphatic heterocycles. The number of carbonyl (C=O) groups excluding carboxylic acids is 2. The lowest BCUT2D eigenvalue weighted by Crippen LogP contribution is -2.44. The molecule has 110 valence electrons. The number of esters is 1. The van der Waals surface area contributed by atoms with Crippen LogP contribution in [0.2, 0.25) is 0 Å². The topological polar surface area (TPSA) is 121 Å². The highest BCUT2D eigenvalue weighted by atomic mass is 16.5. The first-order chi connectivity index (χ1) is 10.1. The Kier molecular flexibility index (Phi) is 4.29.